The third-order valence-electron chi connectivity index (χ3n) is 5.88. The van der Waals surface area contributed by atoms with Gasteiger partial charge in [-0.05, 0) is 42.8 Å². The highest BCUT2D eigenvalue weighted by Gasteiger charge is 2.28. The van der Waals surface area contributed by atoms with Crippen LogP contribution in [0.2, 0.25) is 0 Å². The molecule has 0 radical (unpaired) electrons. The van der Waals surface area contributed by atoms with Crippen molar-refractivity contribution in [1.29, 1.82) is 0 Å². The topological polar surface area (TPSA) is 117 Å². The van der Waals surface area contributed by atoms with Crippen molar-refractivity contribution in [3.05, 3.63) is 65.6 Å². The van der Waals surface area contributed by atoms with Crippen LogP contribution in [-0.4, -0.2) is 51.7 Å². The number of halogens is 3. The fourth-order valence-electron chi connectivity index (χ4n) is 4.16. The molecular formula is C24H20ClF2N5O4. The van der Waals surface area contributed by atoms with E-state index in [2.05, 4.69) is 25.3 Å². The molecule has 0 saturated carbocycles. The van der Waals surface area contributed by atoms with Crippen LogP contribution in [0.4, 0.5) is 20.3 Å². The second-order valence-electron chi connectivity index (χ2n) is 8.41. The maximum atomic E-state index is 13.0. The van der Waals surface area contributed by atoms with Gasteiger partial charge in [-0.3, -0.25) is 14.6 Å². The number of nitrogens with zero attached hydrogens (tertiary/aromatic N) is 3. The number of ether oxygens (including phenoxy) is 1. The fourth-order valence-corrected chi connectivity index (χ4v) is 4.25. The van der Waals surface area contributed by atoms with E-state index in [4.69, 9.17) is 11.6 Å². The summed E-state index contributed by atoms with van der Waals surface area (Å²) in [6, 6.07) is 8.65. The Kier molecular flexibility index (Phi) is 6.19. The van der Waals surface area contributed by atoms with Gasteiger partial charge in [0.2, 0.25) is 0 Å². The van der Waals surface area contributed by atoms with Crippen LogP contribution < -0.4 is 20.3 Å². The number of fused-ring (bicyclic) bond motifs is 1. The molecule has 9 nitrogen and oxygen atoms in total. The van der Waals surface area contributed by atoms with Crippen LogP contribution in [0.15, 0.2) is 48.8 Å². The first kappa shape index (κ1) is 23.9. The Labute approximate surface area is 209 Å². The van der Waals surface area contributed by atoms with E-state index in [1.807, 2.05) is 4.90 Å². The highest BCUT2D eigenvalue weighted by molar-refractivity contribution is 6.20. The molecule has 186 valence electrons. The van der Waals surface area contributed by atoms with Gasteiger partial charge in [0.25, 0.3) is 11.8 Å². The minimum absolute atomic E-state index is 0.165. The third kappa shape index (κ3) is 5.07. The van der Waals surface area contributed by atoms with Gasteiger partial charge >= 0.3 is 5.57 Å². The molecular weight excluding hydrogens is 496 g/mol. The highest BCUT2D eigenvalue weighted by Crippen LogP contribution is 2.33. The zero-order valence-electron chi connectivity index (χ0n) is 18.7. The molecule has 2 aromatic heterocycles. The quantitative estimate of drug-likeness (QED) is 0.431. The number of carbonyl (C=O) groups is 2. The van der Waals surface area contributed by atoms with Crippen molar-refractivity contribution in [2.24, 2.45) is 0 Å². The second kappa shape index (κ2) is 9.32. The summed E-state index contributed by atoms with van der Waals surface area (Å²) < 4.78 is 29.9. The van der Waals surface area contributed by atoms with Gasteiger partial charge in [-0.15, -0.1) is 8.78 Å². The molecule has 0 spiro atoms. The molecule has 1 atom stereocenters. The van der Waals surface area contributed by atoms with E-state index in [1.54, 1.807) is 18.3 Å². The molecule has 0 bridgehead atoms. The van der Waals surface area contributed by atoms with Crippen LogP contribution in [0.25, 0.3) is 11.1 Å². The number of anilines is 2. The maximum Gasteiger partial charge on any atom is 0.487 e. The van der Waals surface area contributed by atoms with Crippen LogP contribution in [0.3, 0.4) is 0 Å². The number of rotatable bonds is 6. The van der Waals surface area contributed by atoms with Crippen molar-refractivity contribution < 1.29 is 28.2 Å². The van der Waals surface area contributed by atoms with Gasteiger partial charge in [-0.1, -0.05) is 0 Å². The lowest BCUT2D eigenvalue weighted by Crippen LogP contribution is -2.23. The van der Waals surface area contributed by atoms with Gasteiger partial charge in [-0.2, -0.15) is 0 Å². The molecule has 5 rings (SSSR count). The van der Waals surface area contributed by atoms with Gasteiger partial charge in [0.15, 0.2) is 0 Å². The predicted octanol–water partition coefficient (Wildman–Crippen LogP) is 3.38. The SMILES string of the molecule is O=C(Nc1ccc(OC(F)(F)Cl)cc1)c1cnc(N2CC[C@@H](O)C2)c(-c2cnc3c(c2)C(=O)NC3)c1. The summed E-state index contributed by atoms with van der Waals surface area (Å²) in [5.74, 6) is -0.312. The van der Waals surface area contributed by atoms with Gasteiger partial charge in [0.05, 0.1) is 29.5 Å². The summed E-state index contributed by atoms with van der Waals surface area (Å²) >= 11 is 4.77. The molecule has 12 heteroatoms. The Morgan fingerprint density at radius 2 is 1.97 bits per heavy atom. The summed E-state index contributed by atoms with van der Waals surface area (Å²) in [5.41, 5.74) is -0.983. The van der Waals surface area contributed by atoms with Crippen molar-refractivity contribution in [1.82, 2.24) is 15.3 Å². The lowest BCUT2D eigenvalue weighted by molar-refractivity contribution is -0.0964. The standard InChI is InChI=1S/C24H20ClF2N5O4/c25-24(26,27)36-17-3-1-15(2-4-17)31-22(34)14-8-18(21(29-10-14)32-6-5-16(33)12-32)13-7-19-20(28-9-13)11-30-23(19)35/h1-4,7-10,16,33H,5-6,11-12H2,(H,30,35)(H,31,34)/t16-/m1/s1. The molecule has 0 unspecified atom stereocenters. The smallest absolute Gasteiger partial charge is 0.420 e. The number of pyridine rings is 2. The number of aliphatic hydroxyl groups excluding tert-OH is 1. The van der Waals surface area contributed by atoms with E-state index in [0.29, 0.717) is 59.9 Å². The Hall–Kier alpha value is -3.83. The van der Waals surface area contributed by atoms with Crippen molar-refractivity contribution in [2.45, 2.75) is 24.6 Å². The summed E-state index contributed by atoms with van der Waals surface area (Å²) in [5, 5.41) is 15.4. The number of alkyl halides is 3. The normalized spacial score (nSPS) is 17.1. The summed E-state index contributed by atoms with van der Waals surface area (Å²) in [6.07, 6.45) is 3.14. The van der Waals surface area contributed by atoms with E-state index in [-0.39, 0.29) is 17.2 Å². The number of hydrogen-bond donors (Lipinski definition) is 3. The van der Waals surface area contributed by atoms with Gasteiger partial charge in [-0.25, -0.2) is 4.98 Å². The van der Waals surface area contributed by atoms with E-state index in [1.165, 1.54) is 30.5 Å². The monoisotopic (exact) mass is 515 g/mol. The largest absolute Gasteiger partial charge is 0.487 e. The Bertz CT molecular complexity index is 1330. The Morgan fingerprint density at radius 1 is 1.19 bits per heavy atom. The number of benzene rings is 1. The Morgan fingerprint density at radius 3 is 2.67 bits per heavy atom. The van der Waals surface area contributed by atoms with Gasteiger partial charge in [0.1, 0.15) is 11.6 Å². The van der Waals surface area contributed by atoms with Crippen molar-refractivity contribution >= 4 is 34.9 Å². The molecule has 2 aliphatic heterocycles. The predicted molar refractivity (Wildman–Crippen MR) is 127 cm³/mol. The first-order chi connectivity index (χ1) is 17.2. The molecule has 4 heterocycles. The van der Waals surface area contributed by atoms with E-state index in [9.17, 15) is 23.5 Å². The fraction of sp³-hybridized carbons (Fsp3) is 0.250. The van der Waals surface area contributed by atoms with Gasteiger partial charge in [0, 0.05) is 53.9 Å². The van der Waals surface area contributed by atoms with Crippen LogP contribution >= 0.6 is 11.6 Å². The zero-order chi connectivity index (χ0) is 25.4. The number of carbonyl (C=O) groups excluding carboxylic acids is 2. The number of aromatic nitrogens is 2. The summed E-state index contributed by atoms with van der Waals surface area (Å²) in [6.45, 7) is 1.33. The number of nitrogens with one attached hydrogen (secondary N) is 2. The molecule has 3 N–H and O–H groups in total. The van der Waals surface area contributed by atoms with Crippen molar-refractivity contribution in [3.63, 3.8) is 0 Å². The van der Waals surface area contributed by atoms with E-state index in [0.717, 1.165) is 0 Å². The molecule has 1 saturated heterocycles. The van der Waals surface area contributed by atoms with E-state index >= 15 is 0 Å². The molecule has 1 fully saturated rings. The molecule has 2 amide bonds. The zero-order valence-corrected chi connectivity index (χ0v) is 19.4. The Balaban J connectivity index is 1.44. The first-order valence-corrected chi connectivity index (χ1v) is 11.4. The number of aliphatic hydroxyl groups is 1. The average Bonchev–Trinajstić information content (AvgIpc) is 3.44. The minimum atomic E-state index is -3.84. The van der Waals surface area contributed by atoms with Gasteiger partial charge < -0.3 is 25.4 Å². The van der Waals surface area contributed by atoms with E-state index < -0.39 is 17.6 Å². The van der Waals surface area contributed by atoms with Crippen LogP contribution in [0.5, 0.6) is 5.75 Å². The van der Waals surface area contributed by atoms with Crippen molar-refractivity contribution in [3.8, 4) is 16.9 Å². The number of β-amino-alcohol motifs (C(OH)–C–C–N with tert-alkyl or cyclic N) is 1. The lowest BCUT2D eigenvalue weighted by Gasteiger charge is -2.21. The molecule has 0 aliphatic carbocycles. The second-order valence-corrected chi connectivity index (χ2v) is 8.85. The highest BCUT2D eigenvalue weighted by atomic mass is 35.5. The number of hydrogen-bond acceptors (Lipinski definition) is 7. The van der Waals surface area contributed by atoms with Crippen LogP contribution in [-0.2, 0) is 6.54 Å². The molecule has 3 aromatic rings. The minimum Gasteiger partial charge on any atom is -0.420 e. The first-order valence-electron chi connectivity index (χ1n) is 11.0. The molecule has 36 heavy (non-hydrogen) atoms. The molecule has 2 aliphatic rings. The lowest BCUT2D eigenvalue weighted by atomic mass is 10.0. The van der Waals surface area contributed by atoms with Crippen molar-refractivity contribution in [2.75, 3.05) is 23.3 Å². The third-order valence-corrected chi connectivity index (χ3v) is 5.96. The van der Waals surface area contributed by atoms with Crippen LogP contribution in [0.1, 0.15) is 32.8 Å². The van der Waals surface area contributed by atoms with Crippen LogP contribution in [0, 0.1) is 0 Å². The molecule has 1 aromatic carbocycles. The average molecular weight is 516 g/mol. The summed E-state index contributed by atoms with van der Waals surface area (Å²) in [4.78, 5) is 36.0. The summed E-state index contributed by atoms with van der Waals surface area (Å²) in [7, 11) is 0. The maximum absolute atomic E-state index is 13.0. The number of amides is 2.